The molecule has 0 bridgehead atoms. The van der Waals surface area contributed by atoms with Gasteiger partial charge < -0.3 is 22.5 Å². The van der Waals surface area contributed by atoms with E-state index in [-0.39, 0.29) is 12.4 Å². The molecule has 0 heterocycles. The minimum atomic E-state index is 0. The van der Waals surface area contributed by atoms with Crippen LogP contribution >= 0.6 is 27.7 Å². The van der Waals surface area contributed by atoms with Crippen molar-refractivity contribution in [3.8, 4) is 0 Å². The van der Waals surface area contributed by atoms with Crippen LogP contribution in [0.4, 0.5) is 0 Å². The second kappa shape index (κ2) is 10.5. The fourth-order valence-corrected chi connectivity index (χ4v) is 2.90. The van der Waals surface area contributed by atoms with Gasteiger partial charge in [0.1, 0.15) is 5.04 Å². The molecule has 1 N–H and O–H groups in total. The van der Waals surface area contributed by atoms with Gasteiger partial charge in [-0.25, -0.2) is 0 Å². The van der Waals surface area contributed by atoms with E-state index >= 15 is 0 Å². The molecule has 0 saturated heterocycles. The summed E-state index contributed by atoms with van der Waals surface area (Å²) in [5.74, 6) is 0.924. The number of rotatable bonds is 6. The van der Waals surface area contributed by atoms with Gasteiger partial charge in [-0.2, -0.15) is 0 Å². The normalized spacial score (nSPS) is 11.5. The topological polar surface area (TPSA) is 35.8 Å². The van der Waals surface area contributed by atoms with Crippen LogP contribution in [0, 0.1) is 0 Å². The molecule has 0 aliphatic heterocycles. The van der Waals surface area contributed by atoms with Crippen LogP contribution < -0.4 is 12.4 Å². The molecule has 3 nitrogen and oxygen atoms in total. The van der Waals surface area contributed by atoms with E-state index in [4.69, 9.17) is 5.21 Å². The summed E-state index contributed by atoms with van der Waals surface area (Å²) in [6.07, 6.45) is 0. The van der Waals surface area contributed by atoms with Gasteiger partial charge in [-0.15, -0.1) is 11.8 Å². The molecular weight excluding hydrogens is 348 g/mol. The van der Waals surface area contributed by atoms with Crippen LogP contribution in [-0.4, -0.2) is 40.5 Å². The number of oxime groups is 1. The van der Waals surface area contributed by atoms with E-state index < -0.39 is 0 Å². The molecule has 0 saturated carbocycles. The average Bonchev–Trinajstić information content (AvgIpc) is 2.39. The molecule has 0 atom stereocenters. The number of benzene rings is 1. The third-order valence-corrected chi connectivity index (χ3v) is 4.17. The Morgan fingerprint density at radius 2 is 2.05 bits per heavy atom. The molecule has 0 fully saturated rings. The lowest BCUT2D eigenvalue weighted by Crippen LogP contribution is -3.00. The van der Waals surface area contributed by atoms with Crippen LogP contribution in [-0.2, 0) is 0 Å². The van der Waals surface area contributed by atoms with Crippen LogP contribution in [0.3, 0.4) is 0 Å². The zero-order chi connectivity index (χ0) is 13.4. The molecule has 0 unspecified atom stereocenters. The summed E-state index contributed by atoms with van der Waals surface area (Å²) < 4.78 is 0.991. The van der Waals surface area contributed by atoms with Crippen molar-refractivity contribution >= 4 is 32.7 Å². The Labute approximate surface area is 134 Å². The molecule has 0 radical (unpaired) electrons. The van der Waals surface area contributed by atoms with E-state index in [1.807, 2.05) is 24.3 Å². The number of hydrogen-bond acceptors (Lipinski definition) is 4. The van der Waals surface area contributed by atoms with Crippen LogP contribution in [0.15, 0.2) is 33.9 Å². The number of thioether (sulfide) groups is 1. The molecule has 6 heteroatoms. The molecule has 0 aliphatic rings. The molecular formula is C13H19BrClN2OS-. The standard InChI is InChI=1S/C13H19BrN2OS.ClH/c1-3-16(4-2)8-9-18-13(15-17)11-6-5-7-12(14)10-11;/h5-7,10,17H,3-4,8-9H2,1-2H3;1H/p-1/b15-13+;. The van der Waals surface area contributed by atoms with Gasteiger partial charge in [0.2, 0.25) is 0 Å². The Hall–Kier alpha value is -0.230. The molecule has 19 heavy (non-hydrogen) atoms. The van der Waals surface area contributed by atoms with Crippen molar-refractivity contribution in [2.45, 2.75) is 13.8 Å². The van der Waals surface area contributed by atoms with Crippen molar-refractivity contribution in [1.29, 1.82) is 0 Å². The van der Waals surface area contributed by atoms with Gasteiger partial charge in [0, 0.05) is 22.3 Å². The maximum absolute atomic E-state index is 9.09. The maximum Gasteiger partial charge on any atom is 0.143 e. The summed E-state index contributed by atoms with van der Waals surface area (Å²) in [5, 5.41) is 13.1. The van der Waals surface area contributed by atoms with E-state index in [0.717, 1.165) is 35.4 Å². The fourth-order valence-electron chi connectivity index (χ4n) is 1.60. The zero-order valence-corrected chi connectivity index (χ0v) is 14.3. The highest BCUT2D eigenvalue weighted by atomic mass is 79.9. The van der Waals surface area contributed by atoms with Crippen LogP contribution in [0.2, 0.25) is 0 Å². The summed E-state index contributed by atoms with van der Waals surface area (Å²) in [5.41, 5.74) is 0.941. The van der Waals surface area contributed by atoms with Crippen molar-refractivity contribution in [3.05, 3.63) is 34.3 Å². The van der Waals surface area contributed by atoms with Gasteiger partial charge in [-0.05, 0) is 25.2 Å². The lowest BCUT2D eigenvalue weighted by atomic mass is 10.2. The van der Waals surface area contributed by atoms with Gasteiger partial charge in [0.25, 0.3) is 0 Å². The Balaban J connectivity index is 0.00000324. The average molecular weight is 367 g/mol. The highest BCUT2D eigenvalue weighted by molar-refractivity contribution is 9.10. The van der Waals surface area contributed by atoms with Crippen molar-refractivity contribution in [2.75, 3.05) is 25.4 Å². The van der Waals surface area contributed by atoms with Crippen molar-refractivity contribution in [1.82, 2.24) is 4.90 Å². The number of nitrogens with zero attached hydrogens (tertiary/aromatic N) is 2. The van der Waals surface area contributed by atoms with Crippen molar-refractivity contribution < 1.29 is 17.6 Å². The summed E-state index contributed by atoms with van der Waals surface area (Å²) in [6, 6.07) is 7.80. The van der Waals surface area contributed by atoms with Crippen LogP contribution in [0.5, 0.6) is 0 Å². The quantitative estimate of drug-likeness (QED) is 0.348. The predicted molar refractivity (Wildman–Crippen MR) is 82.7 cm³/mol. The molecule has 0 spiro atoms. The van der Waals surface area contributed by atoms with Gasteiger partial charge in [0.05, 0.1) is 0 Å². The predicted octanol–water partition coefficient (Wildman–Crippen LogP) is 0.664. The third kappa shape index (κ3) is 6.65. The number of halogens is 2. The first-order chi connectivity index (χ1) is 8.71. The lowest BCUT2D eigenvalue weighted by molar-refractivity contribution is -0.00000447. The van der Waals surface area contributed by atoms with E-state index in [1.165, 1.54) is 0 Å². The highest BCUT2D eigenvalue weighted by Crippen LogP contribution is 2.18. The second-order valence-corrected chi connectivity index (χ2v) is 5.79. The Morgan fingerprint density at radius 3 is 2.58 bits per heavy atom. The molecule has 108 valence electrons. The number of hydrogen-bond donors (Lipinski definition) is 1. The smallest absolute Gasteiger partial charge is 0.143 e. The first-order valence-corrected chi connectivity index (χ1v) is 7.82. The molecule has 1 rings (SSSR count). The second-order valence-electron chi connectivity index (χ2n) is 3.79. The minimum Gasteiger partial charge on any atom is -1.00 e. The largest absolute Gasteiger partial charge is 1.00 e. The van der Waals surface area contributed by atoms with Crippen molar-refractivity contribution in [3.63, 3.8) is 0 Å². The van der Waals surface area contributed by atoms with E-state index in [1.54, 1.807) is 11.8 Å². The Morgan fingerprint density at radius 1 is 1.37 bits per heavy atom. The minimum absolute atomic E-state index is 0. The summed E-state index contributed by atoms with van der Waals surface area (Å²) in [4.78, 5) is 2.35. The van der Waals surface area contributed by atoms with Gasteiger partial charge in [0.15, 0.2) is 0 Å². The highest BCUT2D eigenvalue weighted by Gasteiger charge is 2.07. The maximum atomic E-state index is 9.09. The SMILES string of the molecule is CCN(CC)CCS/C(=N/O)c1cccc(Br)c1.[Cl-]. The third-order valence-electron chi connectivity index (χ3n) is 2.70. The first kappa shape index (κ1) is 18.8. The van der Waals surface area contributed by atoms with E-state index in [2.05, 4.69) is 39.8 Å². The lowest BCUT2D eigenvalue weighted by Gasteiger charge is -2.17. The van der Waals surface area contributed by atoms with Gasteiger partial charge >= 0.3 is 0 Å². The molecule has 1 aromatic rings. The van der Waals surface area contributed by atoms with E-state index in [9.17, 15) is 0 Å². The monoisotopic (exact) mass is 365 g/mol. The summed E-state index contributed by atoms with van der Waals surface area (Å²) >= 11 is 5.00. The Bertz CT molecular complexity index is 400. The Kier molecular flexibility index (Phi) is 10.4. The van der Waals surface area contributed by atoms with Gasteiger partial charge in [-0.3, -0.25) is 0 Å². The molecule has 0 aliphatic carbocycles. The summed E-state index contributed by atoms with van der Waals surface area (Å²) in [6.45, 7) is 7.43. The van der Waals surface area contributed by atoms with Crippen LogP contribution in [0.25, 0.3) is 0 Å². The fraction of sp³-hybridized carbons (Fsp3) is 0.462. The summed E-state index contributed by atoms with van der Waals surface area (Å²) in [7, 11) is 0. The van der Waals surface area contributed by atoms with E-state index in [0.29, 0.717) is 5.04 Å². The van der Waals surface area contributed by atoms with Crippen LogP contribution in [0.1, 0.15) is 19.4 Å². The molecule has 1 aromatic carbocycles. The zero-order valence-electron chi connectivity index (χ0n) is 11.1. The molecule has 0 aromatic heterocycles. The molecule has 0 amide bonds. The van der Waals surface area contributed by atoms with Crippen molar-refractivity contribution in [2.24, 2.45) is 5.16 Å². The first-order valence-electron chi connectivity index (χ1n) is 6.04. The van der Waals surface area contributed by atoms with Gasteiger partial charge in [-0.1, -0.05) is 47.1 Å².